The normalized spacial score (nSPS) is 11.5. The zero-order valence-electron chi connectivity index (χ0n) is 15.5. The standard InChI is InChI=1S/C25H19OSi/c1-27(2)13-3-4-17-5-6-18-16-24-19(15-20(18)14-17)7-8-21-22(24)9-10-25-23(21)11-12-26-25/h5-12,14-16H,13H2,1-2H3. The summed E-state index contributed by atoms with van der Waals surface area (Å²) in [5.74, 6) is 6.66. The number of furan rings is 1. The first-order chi connectivity index (χ1) is 13.2. The molecule has 1 aromatic heterocycles. The third-order valence-corrected chi connectivity index (χ3v) is 5.96. The lowest BCUT2D eigenvalue weighted by atomic mass is 9.96. The molecule has 0 aliphatic heterocycles. The molecule has 0 unspecified atom stereocenters. The Morgan fingerprint density at radius 2 is 1.56 bits per heavy atom. The topological polar surface area (TPSA) is 13.1 Å². The van der Waals surface area contributed by atoms with Crippen molar-refractivity contribution >= 4 is 52.1 Å². The maximum atomic E-state index is 5.56. The van der Waals surface area contributed by atoms with Gasteiger partial charge >= 0.3 is 0 Å². The summed E-state index contributed by atoms with van der Waals surface area (Å²) in [5.41, 5.74) is 2.04. The third kappa shape index (κ3) is 2.81. The first-order valence-electron chi connectivity index (χ1n) is 9.23. The Morgan fingerprint density at radius 3 is 2.44 bits per heavy atom. The van der Waals surface area contributed by atoms with Gasteiger partial charge in [-0.2, -0.15) is 0 Å². The monoisotopic (exact) mass is 363 g/mol. The van der Waals surface area contributed by atoms with Gasteiger partial charge in [0, 0.05) is 17.0 Å². The number of hydrogen-bond acceptors (Lipinski definition) is 1. The molecule has 0 atom stereocenters. The van der Waals surface area contributed by atoms with Crippen LogP contribution in [0, 0.1) is 11.8 Å². The van der Waals surface area contributed by atoms with Gasteiger partial charge < -0.3 is 4.42 Å². The number of hydrogen-bond donors (Lipinski definition) is 0. The third-order valence-electron chi connectivity index (χ3n) is 5.08. The van der Waals surface area contributed by atoms with E-state index in [1.54, 1.807) is 6.26 Å². The van der Waals surface area contributed by atoms with Gasteiger partial charge in [0.05, 0.1) is 15.1 Å². The SMILES string of the molecule is C[Si](C)CC#Cc1ccc2cc3c(ccc4c5ccoc5ccc34)cc2c1. The lowest BCUT2D eigenvalue weighted by Crippen LogP contribution is -1.95. The Kier molecular flexibility index (Phi) is 3.77. The first-order valence-corrected chi connectivity index (χ1v) is 11.9. The van der Waals surface area contributed by atoms with Crippen LogP contribution in [0.1, 0.15) is 5.56 Å². The maximum Gasteiger partial charge on any atom is 0.134 e. The van der Waals surface area contributed by atoms with E-state index in [4.69, 9.17) is 4.42 Å². The Balaban J connectivity index is 1.71. The number of fused-ring (bicyclic) bond motifs is 6. The lowest BCUT2D eigenvalue weighted by Gasteiger charge is -2.07. The van der Waals surface area contributed by atoms with Crippen molar-refractivity contribution in [2.45, 2.75) is 19.1 Å². The van der Waals surface area contributed by atoms with Crippen molar-refractivity contribution in [3.05, 3.63) is 72.5 Å². The molecule has 27 heavy (non-hydrogen) atoms. The molecular weight excluding hydrogens is 344 g/mol. The first kappa shape index (κ1) is 16.2. The van der Waals surface area contributed by atoms with Gasteiger partial charge in [-0.15, -0.1) is 5.92 Å². The molecule has 5 rings (SSSR count). The van der Waals surface area contributed by atoms with Crippen LogP contribution in [0.25, 0.3) is 43.3 Å². The summed E-state index contributed by atoms with van der Waals surface area (Å²) in [5, 5.41) is 8.73. The summed E-state index contributed by atoms with van der Waals surface area (Å²) in [7, 11) is -0.287. The average molecular weight is 364 g/mol. The minimum atomic E-state index is -0.287. The summed E-state index contributed by atoms with van der Waals surface area (Å²) in [6, 6.07) is 22.9. The van der Waals surface area contributed by atoms with Crippen LogP contribution in [0.3, 0.4) is 0 Å². The zero-order chi connectivity index (χ0) is 18.4. The molecule has 1 radical (unpaired) electrons. The van der Waals surface area contributed by atoms with Crippen LogP contribution in [0.15, 0.2) is 71.3 Å². The highest BCUT2D eigenvalue weighted by atomic mass is 28.3. The molecule has 0 N–H and O–H groups in total. The summed E-state index contributed by atoms with van der Waals surface area (Å²) in [4.78, 5) is 0. The van der Waals surface area contributed by atoms with Crippen molar-refractivity contribution in [2.24, 2.45) is 0 Å². The molecule has 0 aliphatic rings. The van der Waals surface area contributed by atoms with Crippen LogP contribution in [0.5, 0.6) is 0 Å². The molecule has 1 heterocycles. The fourth-order valence-electron chi connectivity index (χ4n) is 3.74. The van der Waals surface area contributed by atoms with Crippen molar-refractivity contribution in [3.8, 4) is 11.8 Å². The van der Waals surface area contributed by atoms with Crippen LogP contribution in [-0.2, 0) is 0 Å². The van der Waals surface area contributed by atoms with Gasteiger partial charge in [0.15, 0.2) is 0 Å². The fraction of sp³-hybridized carbons (Fsp3) is 0.120. The van der Waals surface area contributed by atoms with Crippen molar-refractivity contribution in [2.75, 3.05) is 0 Å². The van der Waals surface area contributed by atoms with E-state index in [9.17, 15) is 0 Å². The maximum absolute atomic E-state index is 5.56. The molecular formula is C25H19OSi. The Labute approximate surface area is 160 Å². The minimum Gasteiger partial charge on any atom is -0.464 e. The minimum absolute atomic E-state index is 0.287. The van der Waals surface area contributed by atoms with Crippen LogP contribution >= 0.6 is 0 Å². The van der Waals surface area contributed by atoms with Crippen LogP contribution in [0.4, 0.5) is 0 Å². The summed E-state index contributed by atoms with van der Waals surface area (Å²) in [6.07, 6.45) is 1.76. The van der Waals surface area contributed by atoms with E-state index in [1.807, 2.05) is 0 Å². The molecule has 0 aliphatic carbocycles. The molecule has 0 spiro atoms. The van der Waals surface area contributed by atoms with Gasteiger partial charge in [0.1, 0.15) is 5.58 Å². The fourth-order valence-corrected chi connectivity index (χ4v) is 4.18. The molecule has 0 amide bonds. The largest absolute Gasteiger partial charge is 0.464 e. The molecule has 1 nitrogen and oxygen atoms in total. The Bertz CT molecular complexity index is 1380. The molecule has 0 saturated carbocycles. The summed E-state index contributed by atoms with van der Waals surface area (Å²) < 4.78 is 5.56. The highest BCUT2D eigenvalue weighted by Crippen LogP contribution is 2.34. The quantitative estimate of drug-likeness (QED) is 0.135. The van der Waals surface area contributed by atoms with E-state index < -0.39 is 0 Å². The lowest BCUT2D eigenvalue weighted by molar-refractivity contribution is 0.616. The van der Waals surface area contributed by atoms with Gasteiger partial charge in [-0.1, -0.05) is 43.3 Å². The van der Waals surface area contributed by atoms with Crippen LogP contribution < -0.4 is 0 Å². The summed E-state index contributed by atoms with van der Waals surface area (Å²) >= 11 is 0. The Morgan fingerprint density at radius 1 is 0.741 bits per heavy atom. The second-order valence-corrected chi connectivity index (χ2v) is 10.1. The van der Waals surface area contributed by atoms with Crippen molar-refractivity contribution in [1.29, 1.82) is 0 Å². The second kappa shape index (κ2) is 6.30. The highest BCUT2D eigenvalue weighted by Gasteiger charge is 2.07. The zero-order valence-corrected chi connectivity index (χ0v) is 16.5. The van der Waals surface area contributed by atoms with E-state index in [0.29, 0.717) is 0 Å². The van der Waals surface area contributed by atoms with Gasteiger partial charge in [0.2, 0.25) is 0 Å². The van der Waals surface area contributed by atoms with E-state index in [1.165, 1.54) is 37.7 Å². The van der Waals surface area contributed by atoms with Crippen LogP contribution in [-0.4, -0.2) is 8.80 Å². The van der Waals surface area contributed by atoms with Gasteiger partial charge in [-0.05, 0) is 68.7 Å². The molecule has 5 aromatic rings. The van der Waals surface area contributed by atoms with Crippen molar-refractivity contribution in [3.63, 3.8) is 0 Å². The molecule has 0 fully saturated rings. The number of benzene rings is 4. The second-order valence-electron chi connectivity index (χ2n) is 7.38. The van der Waals surface area contributed by atoms with E-state index >= 15 is 0 Å². The van der Waals surface area contributed by atoms with E-state index in [0.717, 1.165) is 17.2 Å². The predicted molar refractivity (Wildman–Crippen MR) is 118 cm³/mol. The van der Waals surface area contributed by atoms with E-state index in [2.05, 4.69) is 85.6 Å². The highest BCUT2D eigenvalue weighted by molar-refractivity contribution is 6.56. The predicted octanol–water partition coefficient (Wildman–Crippen LogP) is 7.00. The molecule has 4 aromatic carbocycles. The van der Waals surface area contributed by atoms with Gasteiger partial charge in [-0.25, -0.2) is 0 Å². The molecule has 2 heteroatoms. The number of rotatable bonds is 1. The van der Waals surface area contributed by atoms with Crippen LogP contribution in [0.2, 0.25) is 19.1 Å². The Hall–Kier alpha value is -3.02. The van der Waals surface area contributed by atoms with Crippen molar-refractivity contribution < 1.29 is 4.42 Å². The van der Waals surface area contributed by atoms with Crippen molar-refractivity contribution in [1.82, 2.24) is 0 Å². The molecule has 129 valence electrons. The molecule has 0 saturated heterocycles. The molecule has 0 bridgehead atoms. The summed E-state index contributed by atoms with van der Waals surface area (Å²) in [6.45, 7) is 4.60. The van der Waals surface area contributed by atoms with Gasteiger partial charge in [-0.3, -0.25) is 0 Å². The van der Waals surface area contributed by atoms with Gasteiger partial charge in [0.25, 0.3) is 0 Å². The smallest absolute Gasteiger partial charge is 0.134 e. The van der Waals surface area contributed by atoms with E-state index in [-0.39, 0.29) is 8.80 Å². The average Bonchev–Trinajstić information content (AvgIpc) is 3.15.